The zero-order valence-corrected chi connectivity index (χ0v) is 13.4. The Morgan fingerprint density at radius 3 is 2.50 bits per heavy atom. The third-order valence-corrected chi connectivity index (χ3v) is 3.68. The molecule has 0 amide bonds. The van der Waals surface area contributed by atoms with E-state index in [0.717, 1.165) is 16.8 Å². The Labute approximate surface area is 139 Å². The molecule has 0 aliphatic rings. The maximum absolute atomic E-state index is 10.9. The predicted octanol–water partition coefficient (Wildman–Crippen LogP) is 4.41. The van der Waals surface area contributed by atoms with Crippen molar-refractivity contribution >= 4 is 17.3 Å². The van der Waals surface area contributed by atoms with Crippen molar-refractivity contribution in [1.82, 2.24) is 9.97 Å². The van der Waals surface area contributed by atoms with Gasteiger partial charge in [-0.1, -0.05) is 35.9 Å². The summed E-state index contributed by atoms with van der Waals surface area (Å²) >= 11 is 0. The van der Waals surface area contributed by atoms with Crippen molar-refractivity contribution in [2.45, 2.75) is 13.8 Å². The number of benzene rings is 2. The number of non-ortho nitro benzene ring substituents is 1. The van der Waals surface area contributed by atoms with Crippen molar-refractivity contribution < 1.29 is 4.92 Å². The number of rotatable bonds is 4. The van der Waals surface area contributed by atoms with Crippen LogP contribution in [0.5, 0.6) is 0 Å². The highest BCUT2D eigenvalue weighted by molar-refractivity contribution is 5.65. The summed E-state index contributed by atoms with van der Waals surface area (Å²) in [7, 11) is 0. The second-order valence-electron chi connectivity index (χ2n) is 5.51. The quantitative estimate of drug-likeness (QED) is 0.569. The maximum atomic E-state index is 10.9. The van der Waals surface area contributed by atoms with Crippen LogP contribution < -0.4 is 5.32 Å². The molecule has 0 unspecified atom stereocenters. The Morgan fingerprint density at radius 2 is 1.79 bits per heavy atom. The van der Waals surface area contributed by atoms with Gasteiger partial charge < -0.3 is 5.32 Å². The minimum atomic E-state index is -0.422. The Balaban J connectivity index is 1.91. The molecule has 0 fully saturated rings. The minimum Gasteiger partial charge on any atom is -0.324 e. The first-order valence-corrected chi connectivity index (χ1v) is 7.45. The van der Waals surface area contributed by atoms with Crippen molar-refractivity contribution in [3.8, 4) is 11.3 Å². The SMILES string of the molecule is Cc1ccc(-c2ccnc(Nc3cc([N+](=O)[O-])ccc3C)n2)cc1. The highest BCUT2D eigenvalue weighted by Gasteiger charge is 2.10. The van der Waals surface area contributed by atoms with Crippen LogP contribution in [0.2, 0.25) is 0 Å². The van der Waals surface area contributed by atoms with Gasteiger partial charge in [0.25, 0.3) is 5.69 Å². The van der Waals surface area contributed by atoms with Gasteiger partial charge in [-0.2, -0.15) is 0 Å². The molecule has 6 nitrogen and oxygen atoms in total. The lowest BCUT2D eigenvalue weighted by atomic mass is 10.1. The van der Waals surface area contributed by atoms with E-state index < -0.39 is 4.92 Å². The highest BCUT2D eigenvalue weighted by atomic mass is 16.6. The van der Waals surface area contributed by atoms with Crippen LogP contribution in [0, 0.1) is 24.0 Å². The van der Waals surface area contributed by atoms with E-state index in [9.17, 15) is 10.1 Å². The molecule has 1 N–H and O–H groups in total. The number of hydrogen-bond donors (Lipinski definition) is 1. The largest absolute Gasteiger partial charge is 0.324 e. The number of aromatic nitrogens is 2. The molecule has 120 valence electrons. The maximum Gasteiger partial charge on any atom is 0.271 e. The predicted molar refractivity (Wildman–Crippen MR) is 93.3 cm³/mol. The molecule has 0 spiro atoms. The standard InChI is InChI=1S/C18H16N4O2/c1-12-3-6-14(7-4-12)16-9-10-19-18(20-16)21-17-11-15(22(23)24)8-5-13(17)2/h3-11H,1-2H3,(H,19,20,21). The normalized spacial score (nSPS) is 10.4. The molecule has 0 aliphatic heterocycles. The second-order valence-corrected chi connectivity index (χ2v) is 5.51. The molecule has 6 heteroatoms. The molecule has 1 heterocycles. The van der Waals surface area contributed by atoms with E-state index >= 15 is 0 Å². The van der Waals surface area contributed by atoms with E-state index in [0.29, 0.717) is 11.6 Å². The number of aryl methyl sites for hydroxylation is 2. The average Bonchev–Trinajstić information content (AvgIpc) is 2.57. The number of nitrogens with zero attached hydrogens (tertiary/aromatic N) is 3. The van der Waals surface area contributed by atoms with Crippen LogP contribution in [0.15, 0.2) is 54.7 Å². The Morgan fingerprint density at radius 1 is 1.04 bits per heavy atom. The Kier molecular flexibility index (Phi) is 4.20. The summed E-state index contributed by atoms with van der Waals surface area (Å²) in [5.41, 5.74) is 4.48. The zero-order chi connectivity index (χ0) is 17.1. The van der Waals surface area contributed by atoms with Crippen LogP contribution in [0.3, 0.4) is 0 Å². The summed E-state index contributed by atoms with van der Waals surface area (Å²) in [6.45, 7) is 3.90. The van der Waals surface area contributed by atoms with Gasteiger partial charge in [-0.15, -0.1) is 0 Å². The Hall–Kier alpha value is -3.28. The molecule has 0 radical (unpaired) electrons. The lowest BCUT2D eigenvalue weighted by Gasteiger charge is -2.09. The van der Waals surface area contributed by atoms with E-state index in [2.05, 4.69) is 15.3 Å². The topological polar surface area (TPSA) is 81.0 Å². The van der Waals surface area contributed by atoms with E-state index in [1.165, 1.54) is 17.7 Å². The number of nitro groups is 1. The van der Waals surface area contributed by atoms with Crippen LogP contribution in [0.4, 0.5) is 17.3 Å². The second kappa shape index (κ2) is 6.45. The minimum absolute atomic E-state index is 0.0257. The fourth-order valence-corrected chi connectivity index (χ4v) is 2.28. The van der Waals surface area contributed by atoms with Crippen LogP contribution in [-0.4, -0.2) is 14.9 Å². The zero-order valence-electron chi connectivity index (χ0n) is 13.4. The molecule has 3 rings (SSSR count). The molecular weight excluding hydrogens is 304 g/mol. The molecule has 0 atom stereocenters. The summed E-state index contributed by atoms with van der Waals surface area (Å²) in [6, 6.07) is 14.5. The van der Waals surface area contributed by atoms with Gasteiger partial charge in [0.05, 0.1) is 16.3 Å². The third kappa shape index (κ3) is 3.38. The first kappa shape index (κ1) is 15.6. The van der Waals surface area contributed by atoms with E-state index in [1.807, 2.05) is 44.2 Å². The van der Waals surface area contributed by atoms with Gasteiger partial charge in [0.15, 0.2) is 0 Å². The lowest BCUT2D eigenvalue weighted by molar-refractivity contribution is -0.384. The molecule has 0 bridgehead atoms. The van der Waals surface area contributed by atoms with Crippen LogP contribution in [0.1, 0.15) is 11.1 Å². The molecule has 0 saturated heterocycles. The van der Waals surface area contributed by atoms with Crippen LogP contribution in [-0.2, 0) is 0 Å². The Bertz CT molecular complexity index is 892. The summed E-state index contributed by atoms with van der Waals surface area (Å²) in [6.07, 6.45) is 1.66. The average molecular weight is 320 g/mol. The molecule has 2 aromatic carbocycles. The van der Waals surface area contributed by atoms with Crippen molar-refractivity contribution in [2.24, 2.45) is 0 Å². The van der Waals surface area contributed by atoms with Crippen molar-refractivity contribution in [3.05, 3.63) is 76.0 Å². The number of hydrogen-bond acceptors (Lipinski definition) is 5. The van der Waals surface area contributed by atoms with Gasteiger partial charge in [0.2, 0.25) is 5.95 Å². The monoisotopic (exact) mass is 320 g/mol. The summed E-state index contributed by atoms with van der Waals surface area (Å²) in [5, 5.41) is 14.0. The van der Waals surface area contributed by atoms with Gasteiger partial charge in [-0.05, 0) is 25.5 Å². The number of anilines is 2. The van der Waals surface area contributed by atoms with Crippen molar-refractivity contribution in [2.75, 3.05) is 5.32 Å². The van der Waals surface area contributed by atoms with Gasteiger partial charge in [-0.25, -0.2) is 9.97 Å². The van der Waals surface area contributed by atoms with E-state index in [4.69, 9.17) is 0 Å². The molecule has 1 aromatic heterocycles. The molecule has 24 heavy (non-hydrogen) atoms. The summed E-state index contributed by atoms with van der Waals surface area (Å²) < 4.78 is 0. The fraction of sp³-hybridized carbons (Fsp3) is 0.111. The molecule has 0 saturated carbocycles. The van der Waals surface area contributed by atoms with Gasteiger partial charge >= 0.3 is 0 Å². The van der Waals surface area contributed by atoms with Crippen LogP contribution in [0.25, 0.3) is 11.3 Å². The summed E-state index contributed by atoms with van der Waals surface area (Å²) in [5.74, 6) is 0.400. The lowest BCUT2D eigenvalue weighted by Crippen LogP contribution is -2.00. The van der Waals surface area contributed by atoms with Gasteiger partial charge in [-0.3, -0.25) is 10.1 Å². The first-order valence-electron chi connectivity index (χ1n) is 7.45. The fourth-order valence-electron chi connectivity index (χ4n) is 2.28. The highest BCUT2D eigenvalue weighted by Crippen LogP contribution is 2.25. The molecule has 3 aromatic rings. The molecule has 0 aliphatic carbocycles. The smallest absolute Gasteiger partial charge is 0.271 e. The van der Waals surface area contributed by atoms with Crippen molar-refractivity contribution in [3.63, 3.8) is 0 Å². The molecular formula is C18H16N4O2. The van der Waals surface area contributed by atoms with E-state index in [1.54, 1.807) is 12.3 Å². The number of nitro benzene ring substituents is 1. The third-order valence-electron chi connectivity index (χ3n) is 3.68. The number of nitrogens with one attached hydrogen (secondary N) is 1. The van der Waals surface area contributed by atoms with Gasteiger partial charge in [0, 0.05) is 23.9 Å². The van der Waals surface area contributed by atoms with Gasteiger partial charge in [0.1, 0.15) is 0 Å². The van der Waals surface area contributed by atoms with Crippen molar-refractivity contribution in [1.29, 1.82) is 0 Å². The van der Waals surface area contributed by atoms with Crippen LogP contribution >= 0.6 is 0 Å². The first-order chi connectivity index (χ1) is 11.5. The van der Waals surface area contributed by atoms with E-state index in [-0.39, 0.29) is 5.69 Å². The summed E-state index contributed by atoms with van der Waals surface area (Å²) in [4.78, 5) is 19.2.